The van der Waals surface area contributed by atoms with E-state index in [1.54, 1.807) is 31.2 Å². The zero-order chi connectivity index (χ0) is 20.7. The highest BCUT2D eigenvalue weighted by Gasteiger charge is 2.25. The molecule has 29 heavy (non-hydrogen) atoms. The van der Waals surface area contributed by atoms with E-state index in [0.717, 1.165) is 0 Å². The van der Waals surface area contributed by atoms with Crippen LogP contribution in [0.15, 0.2) is 49.7 Å². The fourth-order valence-electron chi connectivity index (χ4n) is 2.86. The zero-order valence-electron chi connectivity index (χ0n) is 15.4. The smallest absolute Gasteiger partial charge is 0.419 e. The third-order valence-electron chi connectivity index (χ3n) is 4.42. The fraction of sp³-hybridized carbons (Fsp3) is 0.150. The third-order valence-corrected chi connectivity index (χ3v) is 4.42. The van der Waals surface area contributed by atoms with Gasteiger partial charge in [0.1, 0.15) is 23.7 Å². The van der Waals surface area contributed by atoms with Gasteiger partial charge in [0.05, 0.1) is 5.56 Å². The number of cyclic esters (lactones) is 1. The first kappa shape index (κ1) is 18.4. The predicted octanol–water partition coefficient (Wildman–Crippen LogP) is 2.90. The lowest BCUT2D eigenvalue weighted by atomic mass is 10.1. The summed E-state index contributed by atoms with van der Waals surface area (Å²) in [6, 6.07) is 6.69. The van der Waals surface area contributed by atoms with Gasteiger partial charge >= 0.3 is 11.7 Å². The van der Waals surface area contributed by atoms with Gasteiger partial charge in [0, 0.05) is 17.0 Å². The van der Waals surface area contributed by atoms with E-state index in [4.69, 9.17) is 13.6 Å². The maximum absolute atomic E-state index is 11.9. The molecule has 0 radical (unpaired) electrons. The van der Waals surface area contributed by atoms with Gasteiger partial charge in [0.2, 0.25) is 0 Å². The summed E-state index contributed by atoms with van der Waals surface area (Å²) in [4.78, 5) is 34.2. The number of ether oxygens (including phenoxy) is 2. The lowest BCUT2D eigenvalue weighted by molar-refractivity contribution is -0.116. The van der Waals surface area contributed by atoms with Crippen molar-refractivity contribution >= 4 is 23.0 Å². The van der Waals surface area contributed by atoms with Gasteiger partial charge in [-0.05, 0) is 38.1 Å². The molecule has 9 nitrogen and oxygen atoms in total. The maximum Gasteiger partial charge on any atom is 0.419 e. The van der Waals surface area contributed by atoms with Crippen LogP contribution in [0.25, 0.3) is 22.5 Å². The number of hydrogen-bond donors (Lipinski definition) is 2. The van der Waals surface area contributed by atoms with Crippen LogP contribution in [0.3, 0.4) is 0 Å². The Kier molecular flexibility index (Phi) is 4.34. The molecule has 2 aromatic heterocycles. The summed E-state index contributed by atoms with van der Waals surface area (Å²) in [5, 5.41) is 12.8. The number of benzene rings is 1. The highest BCUT2D eigenvalue weighted by molar-refractivity contribution is 6.07. The Balaban J connectivity index is 1.59. The number of furan rings is 1. The SMILES string of the molecule is Cc1c(-c2cc3cc(OCC=C4OC(=O)NC4=O)ccc3o2)oc(=O)c(C)c1O. The minimum absolute atomic E-state index is 0.00602. The van der Waals surface area contributed by atoms with Crippen LogP contribution in [0, 0.1) is 13.8 Å². The first-order valence-corrected chi connectivity index (χ1v) is 8.57. The van der Waals surface area contributed by atoms with Crippen LogP contribution in [0.2, 0.25) is 0 Å². The number of rotatable bonds is 4. The van der Waals surface area contributed by atoms with Crippen LogP contribution >= 0.6 is 0 Å². The highest BCUT2D eigenvalue weighted by atomic mass is 16.6. The number of carbonyl (C=O) groups is 2. The summed E-state index contributed by atoms with van der Waals surface area (Å²) in [6.45, 7) is 3.11. The number of imide groups is 1. The number of fused-ring (bicyclic) bond motifs is 1. The highest BCUT2D eigenvalue weighted by Crippen LogP contribution is 2.34. The van der Waals surface area contributed by atoms with Gasteiger partial charge in [-0.2, -0.15) is 0 Å². The van der Waals surface area contributed by atoms with Crippen molar-refractivity contribution in [2.24, 2.45) is 0 Å². The second-order valence-electron chi connectivity index (χ2n) is 6.35. The van der Waals surface area contributed by atoms with Gasteiger partial charge in [-0.1, -0.05) is 0 Å². The zero-order valence-corrected chi connectivity index (χ0v) is 15.4. The van der Waals surface area contributed by atoms with Crippen molar-refractivity contribution in [2.75, 3.05) is 6.61 Å². The Morgan fingerprint density at radius 2 is 1.90 bits per heavy atom. The molecule has 0 bridgehead atoms. The molecule has 148 valence electrons. The van der Waals surface area contributed by atoms with E-state index in [2.05, 4.69) is 4.74 Å². The first-order valence-electron chi connectivity index (χ1n) is 8.57. The van der Waals surface area contributed by atoms with Crippen LogP contribution in [-0.4, -0.2) is 23.7 Å². The molecule has 1 aromatic carbocycles. The lowest BCUT2D eigenvalue weighted by Crippen LogP contribution is -2.18. The topological polar surface area (TPSA) is 128 Å². The van der Waals surface area contributed by atoms with E-state index in [1.807, 2.05) is 5.32 Å². The molecular formula is C20H15NO8. The first-order chi connectivity index (χ1) is 13.8. The molecule has 0 saturated carbocycles. The van der Waals surface area contributed by atoms with Gasteiger partial charge in [-0.25, -0.2) is 9.59 Å². The molecule has 0 unspecified atom stereocenters. The Bertz CT molecular complexity index is 1250. The predicted molar refractivity (Wildman–Crippen MR) is 99.5 cm³/mol. The molecule has 2 amide bonds. The average Bonchev–Trinajstić information content (AvgIpc) is 3.25. The van der Waals surface area contributed by atoms with Crippen molar-refractivity contribution in [1.82, 2.24) is 5.32 Å². The summed E-state index contributed by atoms with van der Waals surface area (Å²) >= 11 is 0. The molecule has 1 saturated heterocycles. The van der Waals surface area contributed by atoms with Crippen molar-refractivity contribution in [3.8, 4) is 23.0 Å². The van der Waals surface area contributed by atoms with E-state index < -0.39 is 17.6 Å². The standard InChI is InChI=1S/C20H15NO8/c1-9-16(22)10(2)19(24)29-17(9)15-8-11-7-12(3-4-13(11)27-15)26-6-5-14-18(23)21-20(25)28-14/h3-5,7-8,22H,6H2,1-2H3,(H,21,23,25). The van der Waals surface area contributed by atoms with Crippen molar-refractivity contribution in [3.63, 3.8) is 0 Å². The van der Waals surface area contributed by atoms with Crippen LogP contribution in [-0.2, 0) is 9.53 Å². The largest absolute Gasteiger partial charge is 0.507 e. The summed E-state index contributed by atoms with van der Waals surface area (Å²) < 4.78 is 21.2. The van der Waals surface area contributed by atoms with Crippen molar-refractivity contribution < 1.29 is 33.0 Å². The van der Waals surface area contributed by atoms with Crippen molar-refractivity contribution in [2.45, 2.75) is 13.8 Å². The number of hydrogen-bond acceptors (Lipinski definition) is 8. The lowest BCUT2D eigenvalue weighted by Gasteiger charge is -2.05. The molecule has 1 fully saturated rings. The fourth-order valence-corrected chi connectivity index (χ4v) is 2.86. The summed E-state index contributed by atoms with van der Waals surface area (Å²) in [7, 11) is 0. The second kappa shape index (κ2) is 6.86. The van der Waals surface area contributed by atoms with Crippen molar-refractivity contribution in [3.05, 3.63) is 57.6 Å². The minimum Gasteiger partial charge on any atom is -0.507 e. The molecule has 0 spiro atoms. The molecular weight excluding hydrogens is 382 g/mol. The average molecular weight is 397 g/mol. The van der Waals surface area contributed by atoms with E-state index in [1.165, 1.54) is 13.0 Å². The number of nitrogens with one attached hydrogen (secondary N) is 1. The van der Waals surface area contributed by atoms with Gasteiger partial charge in [-0.15, -0.1) is 0 Å². The molecule has 3 heterocycles. The molecule has 9 heteroatoms. The van der Waals surface area contributed by atoms with Gasteiger partial charge < -0.3 is 23.4 Å². The molecule has 3 aromatic rings. The van der Waals surface area contributed by atoms with Crippen LogP contribution in [0.4, 0.5) is 4.79 Å². The van der Waals surface area contributed by atoms with Gasteiger partial charge in [0.15, 0.2) is 17.3 Å². The minimum atomic E-state index is -0.822. The monoisotopic (exact) mass is 397 g/mol. The Morgan fingerprint density at radius 1 is 1.10 bits per heavy atom. The van der Waals surface area contributed by atoms with Crippen LogP contribution in [0.1, 0.15) is 11.1 Å². The Morgan fingerprint density at radius 3 is 2.62 bits per heavy atom. The summed E-state index contributed by atoms with van der Waals surface area (Å²) in [5.74, 6) is 0.0501. The Labute approximate surface area is 163 Å². The Hall–Kier alpha value is -4.01. The molecule has 0 aliphatic carbocycles. The van der Waals surface area contributed by atoms with Crippen LogP contribution in [0.5, 0.6) is 11.5 Å². The second-order valence-corrected chi connectivity index (χ2v) is 6.35. The number of amides is 2. The van der Waals surface area contributed by atoms with Crippen LogP contribution < -0.4 is 15.7 Å². The van der Waals surface area contributed by atoms with E-state index in [-0.39, 0.29) is 29.4 Å². The van der Waals surface area contributed by atoms with Gasteiger partial charge in [-0.3, -0.25) is 10.1 Å². The number of aromatic hydroxyl groups is 1. The van der Waals surface area contributed by atoms with Gasteiger partial charge in [0.25, 0.3) is 5.91 Å². The third kappa shape index (κ3) is 3.33. The number of alkyl carbamates (subject to hydrolysis) is 1. The van der Waals surface area contributed by atoms with E-state index in [9.17, 15) is 19.5 Å². The number of carbonyl (C=O) groups excluding carboxylic acids is 2. The molecule has 0 atom stereocenters. The normalized spacial score (nSPS) is 15.0. The van der Waals surface area contributed by atoms with Crippen molar-refractivity contribution in [1.29, 1.82) is 0 Å². The maximum atomic E-state index is 11.9. The van der Waals surface area contributed by atoms with E-state index in [0.29, 0.717) is 28.0 Å². The summed E-state index contributed by atoms with van der Waals surface area (Å²) in [6.07, 6.45) is 0.524. The molecule has 1 aliphatic rings. The quantitative estimate of drug-likeness (QED) is 0.643. The summed E-state index contributed by atoms with van der Waals surface area (Å²) in [5.41, 5.74) is 0.414. The molecule has 2 N–H and O–H groups in total. The molecule has 4 rings (SSSR count). The van der Waals surface area contributed by atoms with E-state index >= 15 is 0 Å². The molecule has 1 aliphatic heterocycles.